The number of benzene rings is 1. The van der Waals surface area contributed by atoms with Gasteiger partial charge >= 0.3 is 6.03 Å². The monoisotopic (exact) mass is 499 g/mol. The molecule has 4 atom stereocenters. The Morgan fingerprint density at radius 3 is 2.60 bits per heavy atom. The standard InChI is InChI=1S/C27H41N3O4Si/c1-19-7-8-20-16-22-27(33)10-9-26(17-25(27,21(20)15-19)11-12-28(22)2)23(31)30(24(32)29(26)3)18-34-13-14-35(4,5)6/h7-8,15,22,33H,9-14,16-18H2,1-6H3/t22-,25-,26+,27-/m1/s1. The van der Waals surface area contributed by atoms with Crippen LogP contribution in [0.4, 0.5) is 4.79 Å². The number of aryl methyl sites for hydroxylation is 1. The predicted molar refractivity (Wildman–Crippen MR) is 138 cm³/mol. The Bertz CT molecular complexity index is 1060. The number of rotatable bonds is 5. The number of carbonyl (C=O) groups excluding carboxylic acids is 2. The van der Waals surface area contributed by atoms with E-state index in [9.17, 15) is 14.7 Å². The summed E-state index contributed by atoms with van der Waals surface area (Å²) in [6.45, 7) is 10.4. The first-order valence-corrected chi connectivity index (χ1v) is 16.8. The molecule has 2 heterocycles. The molecule has 1 aromatic rings. The topological polar surface area (TPSA) is 73.3 Å². The Hall–Kier alpha value is -1.74. The van der Waals surface area contributed by atoms with Gasteiger partial charge in [0.05, 0.1) is 5.60 Å². The molecule has 8 heteroatoms. The SMILES string of the molecule is Cc1ccc2c(c1)[C@]13CCN(C)[C@H](C2)[C@]1(O)CC[C@]1(C3)C(=O)N(COCC[Si](C)(C)C)C(=O)N1C. The average molecular weight is 500 g/mol. The van der Waals surface area contributed by atoms with Gasteiger partial charge in [0.15, 0.2) is 0 Å². The summed E-state index contributed by atoms with van der Waals surface area (Å²) >= 11 is 0. The molecule has 35 heavy (non-hydrogen) atoms. The van der Waals surface area contributed by atoms with Gasteiger partial charge in [-0.3, -0.25) is 4.79 Å². The van der Waals surface area contributed by atoms with Gasteiger partial charge in [0.2, 0.25) is 0 Å². The van der Waals surface area contributed by atoms with Crippen LogP contribution in [0.5, 0.6) is 0 Å². The number of urea groups is 1. The molecule has 7 nitrogen and oxygen atoms in total. The van der Waals surface area contributed by atoms with Crippen LogP contribution in [0, 0.1) is 6.92 Å². The normalized spacial score (nSPS) is 35.0. The van der Waals surface area contributed by atoms with E-state index < -0.39 is 24.6 Å². The number of aliphatic hydroxyl groups is 1. The van der Waals surface area contributed by atoms with E-state index in [1.807, 2.05) is 0 Å². The maximum atomic E-state index is 14.0. The van der Waals surface area contributed by atoms with Crippen LogP contribution in [0.1, 0.15) is 42.4 Å². The fraction of sp³-hybridized carbons (Fsp3) is 0.704. The predicted octanol–water partition coefficient (Wildman–Crippen LogP) is 3.35. The number of amides is 3. The maximum absolute atomic E-state index is 14.0. The van der Waals surface area contributed by atoms with Crippen molar-refractivity contribution in [3.8, 4) is 0 Å². The summed E-state index contributed by atoms with van der Waals surface area (Å²) in [5, 5.41) is 12.4. The molecule has 2 saturated heterocycles. The minimum absolute atomic E-state index is 0.00651. The number of nitrogens with zero attached hydrogens (tertiary/aromatic N) is 3. The smallest absolute Gasteiger partial charge is 0.329 e. The molecule has 5 rings (SSSR count). The van der Waals surface area contributed by atoms with E-state index in [1.165, 1.54) is 16.0 Å². The van der Waals surface area contributed by atoms with Gasteiger partial charge in [-0.2, -0.15) is 0 Å². The molecular formula is C27H41N3O4Si. The Balaban J connectivity index is 1.50. The van der Waals surface area contributed by atoms with Crippen molar-refractivity contribution in [1.29, 1.82) is 0 Å². The highest BCUT2D eigenvalue weighted by atomic mass is 28.3. The molecule has 1 N–H and O–H groups in total. The zero-order valence-corrected chi connectivity index (χ0v) is 23.2. The number of likely N-dealkylation sites (N-methyl/N-ethyl adjacent to an activating group) is 2. The van der Waals surface area contributed by atoms with Crippen LogP contribution in [0.3, 0.4) is 0 Å². The molecule has 3 amide bonds. The fourth-order valence-electron chi connectivity index (χ4n) is 7.33. The third kappa shape index (κ3) is 3.55. The molecule has 0 aromatic heterocycles. The van der Waals surface area contributed by atoms with Crippen molar-refractivity contribution in [1.82, 2.24) is 14.7 Å². The number of hydrogen-bond donors (Lipinski definition) is 1. The number of hydrogen-bond acceptors (Lipinski definition) is 5. The average Bonchev–Trinajstić information content (AvgIpc) is 2.95. The van der Waals surface area contributed by atoms with Crippen molar-refractivity contribution < 1.29 is 19.4 Å². The zero-order valence-electron chi connectivity index (χ0n) is 22.2. The van der Waals surface area contributed by atoms with Crippen LogP contribution < -0.4 is 0 Å². The van der Waals surface area contributed by atoms with Gasteiger partial charge in [0, 0.05) is 33.2 Å². The molecule has 0 radical (unpaired) electrons. The molecule has 1 spiro atoms. The molecule has 1 saturated carbocycles. The fourth-order valence-corrected chi connectivity index (χ4v) is 8.08. The lowest BCUT2D eigenvalue weighted by atomic mass is 9.46. The number of imide groups is 1. The number of fused-ring (bicyclic) bond motifs is 1. The van der Waals surface area contributed by atoms with Gasteiger partial charge < -0.3 is 19.6 Å². The van der Waals surface area contributed by atoms with Gasteiger partial charge in [-0.05, 0) is 69.8 Å². The number of carbonyl (C=O) groups is 2. The second kappa shape index (κ2) is 8.13. The maximum Gasteiger partial charge on any atom is 0.329 e. The minimum atomic E-state index is -1.26. The lowest BCUT2D eigenvalue weighted by Crippen LogP contribution is -2.75. The van der Waals surface area contributed by atoms with E-state index in [4.69, 9.17) is 4.74 Å². The van der Waals surface area contributed by atoms with Crippen molar-refractivity contribution in [2.75, 3.05) is 34.0 Å². The Morgan fingerprint density at radius 1 is 1.14 bits per heavy atom. The van der Waals surface area contributed by atoms with E-state index in [1.54, 1.807) is 11.9 Å². The molecule has 3 fully saturated rings. The zero-order chi connectivity index (χ0) is 25.4. The largest absolute Gasteiger partial charge is 0.387 e. The van der Waals surface area contributed by atoms with Crippen molar-refractivity contribution >= 4 is 20.0 Å². The lowest BCUT2D eigenvalue weighted by Gasteiger charge is -2.66. The van der Waals surface area contributed by atoms with Gasteiger partial charge in [-0.25, -0.2) is 9.69 Å². The summed E-state index contributed by atoms with van der Waals surface area (Å²) < 4.78 is 5.85. The first-order chi connectivity index (χ1) is 16.3. The van der Waals surface area contributed by atoms with Crippen LogP contribution in [0.25, 0.3) is 0 Å². The third-order valence-corrected chi connectivity index (χ3v) is 11.2. The van der Waals surface area contributed by atoms with Gasteiger partial charge in [0.1, 0.15) is 12.3 Å². The van der Waals surface area contributed by atoms with E-state index >= 15 is 0 Å². The summed E-state index contributed by atoms with van der Waals surface area (Å²) in [5.74, 6) is -0.162. The van der Waals surface area contributed by atoms with Crippen molar-refractivity contribution in [2.24, 2.45) is 0 Å². The Kier molecular flexibility index (Phi) is 5.79. The Labute approximate surface area is 210 Å². The van der Waals surface area contributed by atoms with Crippen LogP contribution in [0.15, 0.2) is 18.2 Å². The van der Waals surface area contributed by atoms with Crippen LogP contribution >= 0.6 is 0 Å². The van der Waals surface area contributed by atoms with Gasteiger partial charge in [-0.15, -0.1) is 0 Å². The molecular weight excluding hydrogens is 458 g/mol. The lowest BCUT2D eigenvalue weighted by molar-refractivity contribution is -0.183. The molecule has 1 aromatic carbocycles. The molecule has 2 aliphatic carbocycles. The number of piperidine rings is 1. The highest BCUT2D eigenvalue weighted by Gasteiger charge is 2.71. The van der Waals surface area contributed by atoms with Crippen LogP contribution in [-0.2, 0) is 21.4 Å². The molecule has 0 unspecified atom stereocenters. The summed E-state index contributed by atoms with van der Waals surface area (Å²) in [6, 6.07) is 7.29. The van der Waals surface area contributed by atoms with E-state index in [-0.39, 0.29) is 24.7 Å². The van der Waals surface area contributed by atoms with Crippen LogP contribution in [-0.4, -0.2) is 91.0 Å². The second-order valence-corrected chi connectivity index (χ2v) is 18.4. The summed E-state index contributed by atoms with van der Waals surface area (Å²) in [7, 11) is 2.60. The van der Waals surface area contributed by atoms with E-state index in [2.05, 4.69) is 56.7 Å². The highest BCUT2D eigenvalue weighted by Crippen LogP contribution is 2.61. The first kappa shape index (κ1) is 24.9. The molecule has 2 aliphatic heterocycles. The van der Waals surface area contributed by atoms with E-state index in [0.29, 0.717) is 25.9 Å². The summed E-state index contributed by atoms with van der Waals surface area (Å²) in [6.07, 6.45) is 3.03. The van der Waals surface area contributed by atoms with Gasteiger partial charge in [0.25, 0.3) is 5.91 Å². The van der Waals surface area contributed by atoms with Gasteiger partial charge in [-0.1, -0.05) is 43.4 Å². The van der Waals surface area contributed by atoms with Crippen LogP contribution in [0.2, 0.25) is 25.7 Å². The molecule has 4 aliphatic rings. The molecule has 192 valence electrons. The quantitative estimate of drug-likeness (QED) is 0.382. The Morgan fingerprint density at radius 2 is 1.89 bits per heavy atom. The number of ether oxygens (including phenoxy) is 1. The van der Waals surface area contributed by atoms with Crippen molar-refractivity contribution in [3.63, 3.8) is 0 Å². The molecule has 2 bridgehead atoms. The minimum Gasteiger partial charge on any atom is -0.387 e. The second-order valence-electron chi connectivity index (χ2n) is 12.7. The third-order valence-electron chi connectivity index (χ3n) is 9.53. The highest BCUT2D eigenvalue weighted by molar-refractivity contribution is 6.76. The van der Waals surface area contributed by atoms with E-state index in [0.717, 1.165) is 31.0 Å². The summed E-state index contributed by atoms with van der Waals surface area (Å²) in [4.78, 5) is 32.6. The summed E-state index contributed by atoms with van der Waals surface area (Å²) in [5.41, 5.74) is 1.20. The van der Waals surface area contributed by atoms with Crippen molar-refractivity contribution in [3.05, 3.63) is 34.9 Å². The number of likely N-dealkylation sites (tertiary alicyclic amines) is 1. The van der Waals surface area contributed by atoms with Crippen molar-refractivity contribution in [2.45, 2.75) is 87.3 Å². The first-order valence-electron chi connectivity index (χ1n) is 13.0.